The zero-order valence-corrected chi connectivity index (χ0v) is 10.3. The van der Waals surface area contributed by atoms with Gasteiger partial charge in [-0.2, -0.15) is 0 Å². The van der Waals surface area contributed by atoms with E-state index in [0.717, 1.165) is 0 Å². The second-order valence-electron chi connectivity index (χ2n) is 3.07. The second-order valence-corrected chi connectivity index (χ2v) is 3.93. The van der Waals surface area contributed by atoms with Gasteiger partial charge in [0.05, 0.1) is 11.1 Å². The Bertz CT molecular complexity index is 371. The molecule has 0 aromatic heterocycles. The number of nitrogens with two attached hydrogens (primary N) is 1. The van der Waals surface area contributed by atoms with Gasteiger partial charge in [-0.15, -0.1) is 13.2 Å². The maximum absolute atomic E-state index is 11.7. The lowest BCUT2D eigenvalue weighted by Gasteiger charge is -2.13. The summed E-state index contributed by atoms with van der Waals surface area (Å²) in [6.45, 7) is -0.515. The van der Waals surface area contributed by atoms with E-state index >= 15 is 0 Å². The molecule has 17 heavy (non-hydrogen) atoms. The van der Waals surface area contributed by atoms with E-state index in [-0.39, 0.29) is 13.2 Å². The number of hydrogen-bond acceptors (Lipinski definition) is 3. The standard InChI is InChI=1S/C10H11BrF3NO2/c11-8-3-1-2-7(6-15)9(8)16-4-5-17-10(12,13)14/h1-3H,4-6,15H2. The van der Waals surface area contributed by atoms with Crippen molar-refractivity contribution in [2.24, 2.45) is 5.73 Å². The van der Waals surface area contributed by atoms with Gasteiger partial charge in [0, 0.05) is 12.1 Å². The zero-order chi connectivity index (χ0) is 12.9. The Kier molecular flexibility index (Phi) is 5.23. The predicted octanol–water partition coefficient (Wildman–Crippen LogP) is 2.82. The lowest BCUT2D eigenvalue weighted by Crippen LogP contribution is -2.18. The third-order valence-electron chi connectivity index (χ3n) is 1.86. The first-order chi connectivity index (χ1) is 7.94. The van der Waals surface area contributed by atoms with E-state index in [9.17, 15) is 13.2 Å². The van der Waals surface area contributed by atoms with Crippen molar-refractivity contribution in [2.45, 2.75) is 12.9 Å². The highest BCUT2D eigenvalue weighted by atomic mass is 79.9. The fourth-order valence-electron chi connectivity index (χ4n) is 1.18. The monoisotopic (exact) mass is 313 g/mol. The number of benzene rings is 1. The van der Waals surface area contributed by atoms with E-state index in [1.54, 1.807) is 18.2 Å². The van der Waals surface area contributed by atoms with E-state index in [1.807, 2.05) is 0 Å². The topological polar surface area (TPSA) is 44.5 Å². The quantitative estimate of drug-likeness (QED) is 0.850. The Morgan fingerprint density at radius 2 is 1.94 bits per heavy atom. The van der Waals surface area contributed by atoms with Crippen molar-refractivity contribution in [3.05, 3.63) is 28.2 Å². The summed E-state index contributed by atoms with van der Waals surface area (Å²) in [5, 5.41) is 0. The van der Waals surface area contributed by atoms with Gasteiger partial charge in [-0.1, -0.05) is 12.1 Å². The van der Waals surface area contributed by atoms with Crippen LogP contribution < -0.4 is 10.5 Å². The van der Waals surface area contributed by atoms with Crippen LogP contribution in [-0.4, -0.2) is 19.6 Å². The van der Waals surface area contributed by atoms with Crippen molar-refractivity contribution >= 4 is 15.9 Å². The zero-order valence-electron chi connectivity index (χ0n) is 8.76. The first-order valence-electron chi connectivity index (χ1n) is 4.75. The smallest absolute Gasteiger partial charge is 0.490 e. The van der Waals surface area contributed by atoms with Crippen molar-refractivity contribution in [1.29, 1.82) is 0 Å². The molecular formula is C10H11BrF3NO2. The van der Waals surface area contributed by atoms with E-state index in [2.05, 4.69) is 20.7 Å². The molecule has 3 nitrogen and oxygen atoms in total. The fourth-order valence-corrected chi connectivity index (χ4v) is 1.70. The van der Waals surface area contributed by atoms with Crippen LogP contribution in [0.15, 0.2) is 22.7 Å². The minimum absolute atomic E-state index is 0.199. The summed E-state index contributed by atoms with van der Waals surface area (Å²) in [5.41, 5.74) is 6.20. The molecule has 2 N–H and O–H groups in total. The highest BCUT2D eigenvalue weighted by Gasteiger charge is 2.28. The van der Waals surface area contributed by atoms with Crippen LogP contribution in [0.5, 0.6) is 5.75 Å². The van der Waals surface area contributed by atoms with Crippen LogP contribution in [0, 0.1) is 0 Å². The normalized spacial score (nSPS) is 11.6. The minimum atomic E-state index is -4.63. The molecular weight excluding hydrogens is 303 g/mol. The third-order valence-corrected chi connectivity index (χ3v) is 2.49. The number of alkyl halides is 3. The minimum Gasteiger partial charge on any atom is -0.490 e. The first kappa shape index (κ1) is 14.3. The molecule has 0 saturated heterocycles. The van der Waals surface area contributed by atoms with Gasteiger partial charge in [-0.3, -0.25) is 4.74 Å². The number of para-hydroxylation sites is 1. The van der Waals surface area contributed by atoms with Crippen molar-refractivity contribution in [1.82, 2.24) is 0 Å². The molecule has 0 radical (unpaired) electrons. The lowest BCUT2D eigenvalue weighted by molar-refractivity contribution is -0.325. The van der Waals surface area contributed by atoms with Gasteiger partial charge < -0.3 is 10.5 Å². The molecule has 0 bridgehead atoms. The van der Waals surface area contributed by atoms with Crippen LogP contribution in [0.1, 0.15) is 5.56 Å². The second kappa shape index (κ2) is 6.23. The van der Waals surface area contributed by atoms with E-state index in [1.165, 1.54) is 0 Å². The Morgan fingerprint density at radius 1 is 1.24 bits per heavy atom. The van der Waals surface area contributed by atoms with Gasteiger partial charge in [0.25, 0.3) is 0 Å². The molecule has 0 fully saturated rings. The van der Waals surface area contributed by atoms with Gasteiger partial charge in [-0.25, -0.2) is 0 Å². The van der Waals surface area contributed by atoms with Crippen molar-refractivity contribution in [3.63, 3.8) is 0 Å². The van der Waals surface area contributed by atoms with Crippen LogP contribution in [0.4, 0.5) is 13.2 Å². The Balaban J connectivity index is 2.52. The summed E-state index contributed by atoms with van der Waals surface area (Å²) in [6, 6.07) is 5.23. The van der Waals surface area contributed by atoms with Crippen LogP contribution in [0.2, 0.25) is 0 Å². The molecule has 0 aliphatic heterocycles. The maximum Gasteiger partial charge on any atom is 0.522 e. The average molecular weight is 314 g/mol. The van der Waals surface area contributed by atoms with Crippen LogP contribution in [-0.2, 0) is 11.3 Å². The molecule has 1 aromatic rings. The van der Waals surface area contributed by atoms with Crippen LogP contribution in [0.25, 0.3) is 0 Å². The molecule has 0 atom stereocenters. The molecule has 0 amide bonds. The lowest BCUT2D eigenvalue weighted by atomic mass is 10.2. The molecule has 0 unspecified atom stereocenters. The summed E-state index contributed by atoms with van der Waals surface area (Å²) >= 11 is 3.24. The molecule has 0 spiro atoms. The highest BCUT2D eigenvalue weighted by Crippen LogP contribution is 2.28. The summed E-state index contributed by atoms with van der Waals surface area (Å²) in [4.78, 5) is 0. The van der Waals surface area contributed by atoms with Crippen molar-refractivity contribution in [2.75, 3.05) is 13.2 Å². The molecule has 0 aliphatic rings. The predicted molar refractivity (Wildman–Crippen MR) is 59.5 cm³/mol. The van der Waals surface area contributed by atoms with Gasteiger partial charge >= 0.3 is 6.36 Å². The Morgan fingerprint density at radius 3 is 2.53 bits per heavy atom. The van der Waals surface area contributed by atoms with E-state index in [0.29, 0.717) is 15.8 Å². The SMILES string of the molecule is NCc1cccc(Br)c1OCCOC(F)(F)F. The van der Waals surface area contributed by atoms with E-state index < -0.39 is 13.0 Å². The average Bonchev–Trinajstić information content (AvgIpc) is 2.24. The number of ether oxygens (including phenoxy) is 2. The fraction of sp³-hybridized carbons (Fsp3) is 0.400. The number of hydrogen-bond donors (Lipinski definition) is 1. The largest absolute Gasteiger partial charge is 0.522 e. The summed E-state index contributed by atoms with van der Waals surface area (Å²) in [6.07, 6.45) is -4.63. The number of halogens is 4. The molecule has 7 heteroatoms. The van der Waals surface area contributed by atoms with Crippen LogP contribution >= 0.6 is 15.9 Å². The highest BCUT2D eigenvalue weighted by molar-refractivity contribution is 9.10. The van der Waals surface area contributed by atoms with Crippen molar-refractivity contribution < 1.29 is 22.6 Å². The molecule has 0 heterocycles. The van der Waals surface area contributed by atoms with Crippen LogP contribution in [0.3, 0.4) is 0 Å². The van der Waals surface area contributed by atoms with Crippen molar-refractivity contribution in [3.8, 4) is 5.75 Å². The molecule has 96 valence electrons. The first-order valence-corrected chi connectivity index (χ1v) is 5.54. The van der Waals surface area contributed by atoms with E-state index in [4.69, 9.17) is 10.5 Å². The molecule has 0 aliphatic carbocycles. The van der Waals surface area contributed by atoms with Gasteiger partial charge in [0.2, 0.25) is 0 Å². The summed E-state index contributed by atoms with van der Waals surface area (Å²) < 4.78 is 44.5. The molecule has 0 saturated carbocycles. The molecule has 1 aromatic carbocycles. The van der Waals surface area contributed by atoms with Gasteiger partial charge in [-0.05, 0) is 22.0 Å². The Labute approximate surface area is 105 Å². The Hall–Kier alpha value is -0.790. The van der Waals surface area contributed by atoms with Gasteiger partial charge in [0.1, 0.15) is 12.4 Å². The number of rotatable bonds is 5. The molecule has 1 rings (SSSR count). The summed E-state index contributed by atoms with van der Waals surface area (Å²) in [7, 11) is 0. The third kappa shape index (κ3) is 4.93. The maximum atomic E-state index is 11.7. The van der Waals surface area contributed by atoms with Gasteiger partial charge in [0.15, 0.2) is 0 Å². The summed E-state index contributed by atoms with van der Waals surface area (Å²) in [5.74, 6) is 0.445.